The number of furan rings is 2. The Morgan fingerprint density at radius 1 is 0.347 bits per heavy atom. The number of para-hydroxylation sites is 1. The van der Waals surface area contributed by atoms with Gasteiger partial charge in [-0.15, -0.1) is 0 Å². The zero-order chi connectivity index (χ0) is 32.3. The number of hydrogen-bond donors (Lipinski definition) is 0. The van der Waals surface area contributed by atoms with E-state index >= 15 is 0 Å². The first-order chi connectivity index (χ1) is 24.3. The second-order valence-corrected chi connectivity index (χ2v) is 12.5. The summed E-state index contributed by atoms with van der Waals surface area (Å²) < 4.78 is 13.3. The molecule has 0 N–H and O–H groups in total. The molecule has 0 aliphatic heterocycles. The Morgan fingerprint density at radius 2 is 0.939 bits per heavy atom. The van der Waals surface area contributed by atoms with Gasteiger partial charge in [0.25, 0.3) is 0 Å². The van der Waals surface area contributed by atoms with Gasteiger partial charge in [0.05, 0.1) is 5.69 Å². The number of hydrogen-bond acceptors (Lipinski definition) is 3. The van der Waals surface area contributed by atoms with E-state index in [-0.39, 0.29) is 0 Å². The van der Waals surface area contributed by atoms with Gasteiger partial charge >= 0.3 is 0 Å². The van der Waals surface area contributed by atoms with Crippen molar-refractivity contribution in [3.63, 3.8) is 0 Å². The van der Waals surface area contributed by atoms with E-state index in [1.54, 1.807) is 0 Å². The molecule has 10 rings (SSSR count). The molecule has 0 bridgehead atoms. The van der Waals surface area contributed by atoms with E-state index in [0.717, 1.165) is 72.1 Å². The lowest BCUT2D eigenvalue weighted by atomic mass is 9.98. The molecule has 230 valence electrons. The number of rotatable bonds is 5. The van der Waals surface area contributed by atoms with Crippen molar-refractivity contribution in [2.75, 3.05) is 4.90 Å². The fraction of sp³-hybridized carbons (Fsp3) is 0. The van der Waals surface area contributed by atoms with Crippen LogP contribution in [-0.4, -0.2) is 0 Å². The first kappa shape index (κ1) is 27.5. The third kappa shape index (κ3) is 4.51. The minimum Gasteiger partial charge on any atom is -0.456 e. The van der Waals surface area contributed by atoms with Gasteiger partial charge in [0.1, 0.15) is 16.7 Å². The Morgan fingerprint density at radius 3 is 1.71 bits per heavy atom. The lowest BCUT2D eigenvalue weighted by Gasteiger charge is -2.27. The summed E-state index contributed by atoms with van der Waals surface area (Å²) in [6.07, 6.45) is 0. The van der Waals surface area contributed by atoms with E-state index in [4.69, 9.17) is 8.83 Å². The molecule has 8 aromatic carbocycles. The standard InChI is InChI=1S/C46H29NO2/c1-3-11-30(12-4-1)33-19-22-36(23-20-33)47(37-24-21-32-15-7-8-16-34(32)27-37)40-29-35(31-13-5-2-6-14-31)28-39-45-43(49-46(39)40)26-25-42-44(45)38-17-9-10-18-41(38)48-42/h1-29H. The predicted molar refractivity (Wildman–Crippen MR) is 204 cm³/mol. The fourth-order valence-electron chi connectivity index (χ4n) is 7.31. The average molecular weight is 628 g/mol. The number of nitrogens with zero attached hydrogens (tertiary/aromatic N) is 1. The normalized spacial score (nSPS) is 11.7. The molecule has 0 aliphatic carbocycles. The maximum absolute atomic E-state index is 6.92. The summed E-state index contributed by atoms with van der Waals surface area (Å²) in [5.41, 5.74) is 11.1. The molecule has 0 saturated carbocycles. The molecule has 0 spiro atoms. The molecule has 0 aliphatic rings. The molecule has 0 amide bonds. The van der Waals surface area contributed by atoms with Crippen molar-refractivity contribution in [1.29, 1.82) is 0 Å². The first-order valence-electron chi connectivity index (χ1n) is 16.6. The van der Waals surface area contributed by atoms with Crippen molar-refractivity contribution in [2.45, 2.75) is 0 Å². The maximum atomic E-state index is 6.92. The third-order valence-corrected chi connectivity index (χ3v) is 9.63. The van der Waals surface area contributed by atoms with E-state index in [2.05, 4.69) is 157 Å². The van der Waals surface area contributed by atoms with Crippen molar-refractivity contribution >= 4 is 71.7 Å². The Bertz CT molecular complexity index is 2810. The summed E-state index contributed by atoms with van der Waals surface area (Å²) in [5.74, 6) is 0. The maximum Gasteiger partial charge on any atom is 0.159 e. The van der Waals surface area contributed by atoms with Crippen LogP contribution in [0.15, 0.2) is 185 Å². The number of anilines is 3. The molecule has 0 unspecified atom stereocenters. The number of benzene rings is 8. The summed E-state index contributed by atoms with van der Waals surface area (Å²) in [6, 6.07) is 62.0. The number of fused-ring (bicyclic) bond motifs is 8. The summed E-state index contributed by atoms with van der Waals surface area (Å²) >= 11 is 0. The average Bonchev–Trinajstić information content (AvgIpc) is 3.74. The van der Waals surface area contributed by atoms with Crippen molar-refractivity contribution < 1.29 is 8.83 Å². The Balaban J connectivity index is 1.30. The molecule has 49 heavy (non-hydrogen) atoms. The van der Waals surface area contributed by atoms with Crippen LogP contribution in [0.2, 0.25) is 0 Å². The van der Waals surface area contributed by atoms with Crippen molar-refractivity contribution in [1.82, 2.24) is 0 Å². The van der Waals surface area contributed by atoms with Gasteiger partial charge < -0.3 is 13.7 Å². The zero-order valence-corrected chi connectivity index (χ0v) is 26.5. The van der Waals surface area contributed by atoms with Crippen LogP contribution in [0.3, 0.4) is 0 Å². The van der Waals surface area contributed by atoms with E-state index < -0.39 is 0 Å². The molecule has 3 heteroatoms. The topological polar surface area (TPSA) is 29.5 Å². The van der Waals surface area contributed by atoms with Crippen LogP contribution in [0.25, 0.3) is 76.9 Å². The van der Waals surface area contributed by atoms with Gasteiger partial charge in [0, 0.05) is 32.9 Å². The minimum atomic E-state index is 0.827. The molecule has 0 saturated heterocycles. The summed E-state index contributed by atoms with van der Waals surface area (Å²) in [7, 11) is 0. The third-order valence-electron chi connectivity index (χ3n) is 9.63. The Hall–Kier alpha value is -6.58. The van der Waals surface area contributed by atoms with Crippen LogP contribution >= 0.6 is 0 Å². The molecular weight excluding hydrogens is 599 g/mol. The predicted octanol–water partition coefficient (Wildman–Crippen LogP) is 13.4. The molecule has 10 aromatic rings. The van der Waals surface area contributed by atoms with Crippen LogP contribution in [0.1, 0.15) is 0 Å². The summed E-state index contributed by atoms with van der Waals surface area (Å²) in [4.78, 5) is 2.34. The van der Waals surface area contributed by atoms with Gasteiger partial charge in [-0.25, -0.2) is 0 Å². The molecule has 2 aromatic heterocycles. The molecule has 0 radical (unpaired) electrons. The van der Waals surface area contributed by atoms with Crippen LogP contribution in [-0.2, 0) is 0 Å². The molecule has 2 heterocycles. The zero-order valence-electron chi connectivity index (χ0n) is 26.5. The molecular formula is C46H29NO2. The highest BCUT2D eigenvalue weighted by Crippen LogP contribution is 2.48. The van der Waals surface area contributed by atoms with Gasteiger partial charge in [-0.2, -0.15) is 0 Å². The van der Waals surface area contributed by atoms with E-state index in [9.17, 15) is 0 Å². The highest BCUT2D eigenvalue weighted by Gasteiger charge is 2.24. The van der Waals surface area contributed by atoms with Crippen LogP contribution in [0, 0.1) is 0 Å². The largest absolute Gasteiger partial charge is 0.456 e. The summed E-state index contributed by atoms with van der Waals surface area (Å²) in [6.45, 7) is 0. The summed E-state index contributed by atoms with van der Waals surface area (Å²) in [5, 5.41) is 6.65. The fourth-order valence-corrected chi connectivity index (χ4v) is 7.31. The minimum absolute atomic E-state index is 0.827. The second-order valence-electron chi connectivity index (χ2n) is 12.5. The van der Waals surface area contributed by atoms with Crippen LogP contribution < -0.4 is 4.90 Å². The second kappa shape index (κ2) is 11.0. The lowest BCUT2D eigenvalue weighted by Crippen LogP contribution is -2.10. The SMILES string of the molecule is c1ccc(-c2ccc(N(c3ccc4ccccc4c3)c3cc(-c4ccccc4)cc4c3oc3ccc5oc6ccccc6c5c34)cc2)cc1. The lowest BCUT2D eigenvalue weighted by molar-refractivity contribution is 0.663. The monoisotopic (exact) mass is 627 g/mol. The highest BCUT2D eigenvalue weighted by atomic mass is 16.3. The smallest absolute Gasteiger partial charge is 0.159 e. The van der Waals surface area contributed by atoms with E-state index in [1.165, 1.54) is 21.9 Å². The van der Waals surface area contributed by atoms with Crippen molar-refractivity contribution in [3.8, 4) is 22.3 Å². The van der Waals surface area contributed by atoms with Gasteiger partial charge in [-0.1, -0.05) is 121 Å². The molecule has 0 fully saturated rings. The Labute approximate surface area is 282 Å². The molecule has 0 atom stereocenters. The van der Waals surface area contributed by atoms with Crippen molar-refractivity contribution in [3.05, 3.63) is 176 Å². The first-order valence-corrected chi connectivity index (χ1v) is 16.6. The van der Waals surface area contributed by atoms with Gasteiger partial charge in [-0.05, 0) is 87.6 Å². The van der Waals surface area contributed by atoms with Gasteiger partial charge in [0.2, 0.25) is 0 Å². The Kier molecular flexibility index (Phi) is 6.18. The van der Waals surface area contributed by atoms with Gasteiger partial charge in [0.15, 0.2) is 5.58 Å². The van der Waals surface area contributed by atoms with Crippen LogP contribution in [0.5, 0.6) is 0 Å². The van der Waals surface area contributed by atoms with Crippen molar-refractivity contribution in [2.24, 2.45) is 0 Å². The van der Waals surface area contributed by atoms with Crippen LogP contribution in [0.4, 0.5) is 17.1 Å². The van der Waals surface area contributed by atoms with E-state index in [1.807, 2.05) is 24.3 Å². The highest BCUT2D eigenvalue weighted by molar-refractivity contribution is 6.27. The molecule has 3 nitrogen and oxygen atoms in total. The van der Waals surface area contributed by atoms with Gasteiger partial charge in [-0.3, -0.25) is 0 Å². The quantitative estimate of drug-likeness (QED) is 0.190. The van der Waals surface area contributed by atoms with E-state index in [0.29, 0.717) is 0 Å².